The molecule has 0 saturated carbocycles. The van der Waals surface area contributed by atoms with Crippen molar-refractivity contribution in [2.75, 3.05) is 26.3 Å². The Labute approximate surface area is 72.7 Å². The van der Waals surface area contributed by atoms with E-state index < -0.39 is 7.75 Å². The lowest BCUT2D eigenvalue weighted by molar-refractivity contribution is -0.123. The predicted octanol–water partition coefficient (Wildman–Crippen LogP) is -1.07. The maximum atomic E-state index is 10.5. The molecule has 1 fully saturated rings. The Morgan fingerprint density at radius 1 is 1.50 bits per heavy atom. The highest BCUT2D eigenvalue weighted by Crippen LogP contribution is 2.32. The van der Waals surface area contributed by atoms with Gasteiger partial charge in [-0.05, 0) is 0 Å². The van der Waals surface area contributed by atoms with Gasteiger partial charge in [0, 0.05) is 21.5 Å². The van der Waals surface area contributed by atoms with Crippen LogP contribution in [0.25, 0.3) is 0 Å². The molecule has 0 aromatic carbocycles. The van der Waals surface area contributed by atoms with E-state index in [-0.39, 0.29) is 8.41 Å². The average molecular weight is 193 g/mol. The van der Waals surface area contributed by atoms with Crippen LogP contribution in [0.3, 0.4) is 0 Å². The molecule has 1 atom stereocenters. The molecule has 1 aliphatic heterocycles. The molecule has 0 aromatic heterocycles. The normalized spacial score (nSPS) is 24.2. The zero-order valence-corrected chi connectivity index (χ0v) is 7.44. The molecule has 0 aliphatic carbocycles. The standard InChI is InChI=1S/C4H11N2O4P.B/c5-11(7,8)10-6-1-3-9-4-2-6;/h1-4H2,(H3,5,7,8);. The van der Waals surface area contributed by atoms with Crippen LogP contribution in [0.1, 0.15) is 0 Å². The molecule has 0 spiro atoms. The van der Waals surface area contributed by atoms with Gasteiger partial charge in [-0.15, -0.1) is 0 Å². The van der Waals surface area contributed by atoms with Crippen LogP contribution < -0.4 is 5.50 Å². The number of hydrogen-bond donors (Lipinski definition) is 2. The highest BCUT2D eigenvalue weighted by Gasteiger charge is 2.20. The van der Waals surface area contributed by atoms with Crippen LogP contribution in [-0.2, 0) is 13.9 Å². The Kier molecular flexibility index (Phi) is 5.00. The highest BCUT2D eigenvalue weighted by atomic mass is 31.2. The van der Waals surface area contributed by atoms with Crippen molar-refractivity contribution in [1.29, 1.82) is 0 Å². The van der Waals surface area contributed by atoms with Gasteiger partial charge in [0.05, 0.1) is 13.2 Å². The molecule has 3 N–H and O–H groups in total. The van der Waals surface area contributed by atoms with Crippen LogP contribution in [0.4, 0.5) is 0 Å². The van der Waals surface area contributed by atoms with Gasteiger partial charge in [-0.1, -0.05) is 0 Å². The highest BCUT2D eigenvalue weighted by molar-refractivity contribution is 7.50. The lowest BCUT2D eigenvalue weighted by Crippen LogP contribution is -2.36. The van der Waals surface area contributed by atoms with E-state index in [1.807, 2.05) is 0 Å². The van der Waals surface area contributed by atoms with Gasteiger partial charge in [-0.2, -0.15) is 5.06 Å². The molecule has 8 heteroatoms. The third-order valence-corrected chi connectivity index (χ3v) is 1.67. The van der Waals surface area contributed by atoms with E-state index in [1.165, 1.54) is 5.06 Å². The molecule has 0 amide bonds. The third-order valence-electron chi connectivity index (χ3n) is 1.20. The summed E-state index contributed by atoms with van der Waals surface area (Å²) >= 11 is 0. The fraction of sp³-hybridized carbons (Fsp3) is 1.00. The van der Waals surface area contributed by atoms with Crippen LogP contribution in [0.15, 0.2) is 0 Å². The van der Waals surface area contributed by atoms with Gasteiger partial charge in [0.15, 0.2) is 0 Å². The van der Waals surface area contributed by atoms with Crippen molar-refractivity contribution in [3.8, 4) is 0 Å². The molecule has 69 valence electrons. The summed E-state index contributed by atoms with van der Waals surface area (Å²) in [6.45, 7) is 1.95. The number of nitrogens with zero attached hydrogens (tertiary/aromatic N) is 1. The van der Waals surface area contributed by atoms with Crippen molar-refractivity contribution in [2.24, 2.45) is 5.50 Å². The maximum absolute atomic E-state index is 10.5. The Morgan fingerprint density at radius 3 is 2.42 bits per heavy atom. The Morgan fingerprint density at radius 2 is 2.00 bits per heavy atom. The van der Waals surface area contributed by atoms with Crippen molar-refractivity contribution >= 4 is 16.2 Å². The minimum absolute atomic E-state index is 0. The van der Waals surface area contributed by atoms with Crippen LogP contribution in [0.2, 0.25) is 0 Å². The molecule has 1 heterocycles. The zero-order valence-electron chi connectivity index (χ0n) is 6.55. The molecule has 1 aliphatic rings. The summed E-state index contributed by atoms with van der Waals surface area (Å²) in [6, 6.07) is 0. The smallest absolute Gasteiger partial charge is 0.379 e. The zero-order chi connectivity index (χ0) is 8.32. The topological polar surface area (TPSA) is 85.0 Å². The molecule has 12 heavy (non-hydrogen) atoms. The molecular formula is C4H11BN2O4P. The summed E-state index contributed by atoms with van der Waals surface area (Å²) in [4.78, 5) is 8.60. The number of rotatable bonds is 2. The summed E-state index contributed by atoms with van der Waals surface area (Å²) in [5.74, 6) is 0. The van der Waals surface area contributed by atoms with Crippen molar-refractivity contribution in [1.82, 2.24) is 5.06 Å². The van der Waals surface area contributed by atoms with Crippen molar-refractivity contribution in [3.63, 3.8) is 0 Å². The maximum Gasteiger partial charge on any atom is 0.416 e. The Hall–Kier alpha value is 0.0949. The molecule has 1 rings (SSSR count). The Bertz CT molecular complexity index is 168. The van der Waals surface area contributed by atoms with Gasteiger partial charge < -0.3 is 9.63 Å². The van der Waals surface area contributed by atoms with Gasteiger partial charge in [0.1, 0.15) is 0 Å². The number of ether oxygens (including phenoxy) is 1. The fourth-order valence-electron chi connectivity index (χ4n) is 0.794. The largest absolute Gasteiger partial charge is 0.416 e. The van der Waals surface area contributed by atoms with E-state index in [2.05, 4.69) is 4.62 Å². The van der Waals surface area contributed by atoms with Crippen LogP contribution in [0.5, 0.6) is 0 Å². The molecule has 1 saturated heterocycles. The molecule has 3 radical (unpaired) electrons. The molecule has 6 nitrogen and oxygen atoms in total. The lowest BCUT2D eigenvalue weighted by atomic mass is 10.5. The second kappa shape index (κ2) is 4.96. The summed E-state index contributed by atoms with van der Waals surface area (Å²) in [5, 5.41) is 1.34. The van der Waals surface area contributed by atoms with Crippen LogP contribution >= 0.6 is 7.75 Å². The first kappa shape index (κ1) is 12.1. The van der Waals surface area contributed by atoms with E-state index in [1.54, 1.807) is 0 Å². The SMILES string of the molecule is NP(=O)(O)ON1CCOCC1.[B]. The average Bonchev–Trinajstić information content (AvgIpc) is 1.85. The van der Waals surface area contributed by atoms with Crippen molar-refractivity contribution < 1.29 is 18.8 Å². The molecular weight excluding hydrogens is 182 g/mol. The van der Waals surface area contributed by atoms with E-state index in [4.69, 9.17) is 15.1 Å². The van der Waals surface area contributed by atoms with Gasteiger partial charge >= 0.3 is 7.75 Å². The molecule has 0 aromatic rings. The molecule has 0 bridgehead atoms. The van der Waals surface area contributed by atoms with E-state index >= 15 is 0 Å². The quantitative estimate of drug-likeness (QED) is 0.428. The third kappa shape index (κ3) is 4.87. The van der Waals surface area contributed by atoms with Crippen molar-refractivity contribution in [2.45, 2.75) is 0 Å². The number of morpholine rings is 1. The van der Waals surface area contributed by atoms with E-state index in [0.717, 1.165) is 0 Å². The van der Waals surface area contributed by atoms with Gasteiger partial charge in [0.2, 0.25) is 0 Å². The van der Waals surface area contributed by atoms with Crippen molar-refractivity contribution in [3.05, 3.63) is 0 Å². The van der Waals surface area contributed by atoms with Gasteiger partial charge in [0.25, 0.3) is 0 Å². The summed E-state index contributed by atoms with van der Waals surface area (Å²) < 4.78 is 20.0. The molecule has 1 unspecified atom stereocenters. The van der Waals surface area contributed by atoms with Gasteiger partial charge in [-0.3, -0.25) is 0 Å². The summed E-state index contributed by atoms with van der Waals surface area (Å²) in [6.07, 6.45) is 0. The fourth-order valence-corrected chi connectivity index (χ4v) is 1.29. The minimum atomic E-state index is -3.86. The van der Waals surface area contributed by atoms with Crippen LogP contribution in [-0.4, -0.2) is 44.7 Å². The number of hydroxylamine groups is 2. The first-order chi connectivity index (χ1) is 5.08. The predicted molar refractivity (Wildman–Crippen MR) is 43.2 cm³/mol. The lowest BCUT2D eigenvalue weighted by Gasteiger charge is -2.25. The number of nitrogens with two attached hydrogens (primary N) is 1. The number of hydrogen-bond acceptors (Lipinski definition) is 4. The second-order valence-corrected chi connectivity index (χ2v) is 3.48. The van der Waals surface area contributed by atoms with Gasteiger partial charge in [-0.25, -0.2) is 14.7 Å². The Balaban J connectivity index is 0.00000121. The summed E-state index contributed by atoms with van der Waals surface area (Å²) in [5.41, 5.74) is 4.77. The second-order valence-electron chi connectivity index (χ2n) is 2.19. The summed E-state index contributed by atoms with van der Waals surface area (Å²) in [7, 11) is -3.86. The van der Waals surface area contributed by atoms with E-state index in [0.29, 0.717) is 26.3 Å². The van der Waals surface area contributed by atoms with E-state index in [9.17, 15) is 4.57 Å². The minimum Gasteiger partial charge on any atom is -0.379 e. The first-order valence-electron chi connectivity index (χ1n) is 3.22. The monoisotopic (exact) mass is 193 g/mol. The van der Waals surface area contributed by atoms with Crippen LogP contribution in [0, 0.1) is 0 Å². The first-order valence-corrected chi connectivity index (χ1v) is 4.86.